The van der Waals surface area contributed by atoms with E-state index in [0.29, 0.717) is 24.9 Å². The number of amides is 3. The van der Waals surface area contributed by atoms with Crippen LogP contribution in [0.1, 0.15) is 43.3 Å². The Bertz CT molecular complexity index is 571. The van der Waals surface area contributed by atoms with Gasteiger partial charge in [-0.1, -0.05) is 5.16 Å². The zero-order valence-corrected chi connectivity index (χ0v) is 13.1. The lowest BCUT2D eigenvalue weighted by Gasteiger charge is -2.31. The van der Waals surface area contributed by atoms with Crippen LogP contribution in [0.2, 0.25) is 0 Å². The number of nitrogens with one attached hydrogen (secondary N) is 2. The van der Waals surface area contributed by atoms with Gasteiger partial charge >= 0.3 is 12.1 Å². The van der Waals surface area contributed by atoms with Crippen LogP contribution in [-0.4, -0.2) is 53.4 Å². The molecule has 1 aromatic heterocycles. The number of carbonyl (C=O) groups is 2. The Labute approximate surface area is 133 Å². The summed E-state index contributed by atoms with van der Waals surface area (Å²) in [6.07, 6.45) is 3.49. The molecule has 2 heterocycles. The number of aromatic nitrogens is 2. The summed E-state index contributed by atoms with van der Waals surface area (Å²) in [7, 11) is 1.35. The molecule has 1 aliphatic heterocycles. The number of nitrogens with zero attached hydrogens (tertiary/aromatic N) is 3. The topological polar surface area (TPSA) is 110 Å². The maximum Gasteiger partial charge on any atom is 0.409 e. The molecule has 1 atom stereocenters. The first-order valence-electron chi connectivity index (χ1n) is 7.85. The van der Waals surface area contributed by atoms with E-state index in [2.05, 4.69) is 20.8 Å². The number of hydrogen-bond donors (Lipinski definition) is 2. The summed E-state index contributed by atoms with van der Waals surface area (Å²) in [6, 6.07) is -0.402. The molecule has 0 spiro atoms. The average molecular weight is 323 g/mol. The molecule has 1 aromatic rings. The molecule has 126 valence electrons. The molecule has 9 nitrogen and oxygen atoms in total. The molecule has 1 saturated heterocycles. The lowest BCUT2D eigenvalue weighted by Crippen LogP contribution is -2.51. The van der Waals surface area contributed by atoms with Gasteiger partial charge in [-0.25, -0.2) is 9.59 Å². The molecule has 0 aromatic carbocycles. The second-order valence-electron chi connectivity index (χ2n) is 5.90. The largest absolute Gasteiger partial charge is 0.453 e. The van der Waals surface area contributed by atoms with Crippen LogP contribution in [0.4, 0.5) is 9.59 Å². The molecular formula is C14H21N5O4. The van der Waals surface area contributed by atoms with E-state index in [4.69, 9.17) is 9.26 Å². The smallest absolute Gasteiger partial charge is 0.409 e. The number of rotatable bonds is 4. The van der Waals surface area contributed by atoms with E-state index in [-0.39, 0.29) is 24.7 Å². The zero-order chi connectivity index (χ0) is 16.2. The van der Waals surface area contributed by atoms with Crippen LogP contribution in [0.25, 0.3) is 0 Å². The summed E-state index contributed by atoms with van der Waals surface area (Å²) in [5.74, 6) is 1.55. The first kappa shape index (κ1) is 15.6. The predicted octanol–water partition coefficient (Wildman–Crippen LogP) is 0.977. The monoisotopic (exact) mass is 323 g/mol. The summed E-state index contributed by atoms with van der Waals surface area (Å²) in [5, 5.41) is 9.44. The van der Waals surface area contributed by atoms with Crippen LogP contribution in [0.5, 0.6) is 0 Å². The second-order valence-corrected chi connectivity index (χ2v) is 5.90. The van der Waals surface area contributed by atoms with Gasteiger partial charge in [0.25, 0.3) is 0 Å². The lowest BCUT2D eigenvalue weighted by atomic mass is 10.1. The van der Waals surface area contributed by atoms with Crippen LogP contribution in [0.15, 0.2) is 4.52 Å². The third-order valence-corrected chi connectivity index (χ3v) is 4.02. The van der Waals surface area contributed by atoms with Crippen molar-refractivity contribution in [1.82, 2.24) is 25.7 Å². The average Bonchev–Trinajstić information content (AvgIpc) is 3.31. The highest BCUT2D eigenvalue weighted by Gasteiger charge is 2.29. The fourth-order valence-electron chi connectivity index (χ4n) is 2.63. The van der Waals surface area contributed by atoms with Gasteiger partial charge in [0.1, 0.15) is 0 Å². The van der Waals surface area contributed by atoms with Crippen LogP contribution >= 0.6 is 0 Å². The Kier molecular flexibility index (Phi) is 4.63. The Hall–Kier alpha value is -2.32. The van der Waals surface area contributed by atoms with Crippen LogP contribution in [0.3, 0.4) is 0 Å². The number of piperidine rings is 1. The Balaban J connectivity index is 1.42. The van der Waals surface area contributed by atoms with Gasteiger partial charge in [-0.15, -0.1) is 0 Å². The highest BCUT2D eigenvalue weighted by Crippen LogP contribution is 2.37. The summed E-state index contributed by atoms with van der Waals surface area (Å²) in [6.45, 7) is 1.30. The molecule has 0 radical (unpaired) electrons. The molecule has 3 rings (SSSR count). The van der Waals surface area contributed by atoms with Crippen molar-refractivity contribution in [3.63, 3.8) is 0 Å². The van der Waals surface area contributed by atoms with E-state index >= 15 is 0 Å². The third-order valence-electron chi connectivity index (χ3n) is 4.02. The van der Waals surface area contributed by atoms with Crippen molar-refractivity contribution < 1.29 is 18.8 Å². The number of urea groups is 1. The van der Waals surface area contributed by atoms with Gasteiger partial charge in [-0.2, -0.15) is 4.98 Å². The van der Waals surface area contributed by atoms with Gasteiger partial charge in [0.05, 0.1) is 13.7 Å². The van der Waals surface area contributed by atoms with Gasteiger partial charge in [0, 0.05) is 25.0 Å². The quantitative estimate of drug-likeness (QED) is 0.854. The Morgan fingerprint density at radius 2 is 2.22 bits per heavy atom. The summed E-state index contributed by atoms with van der Waals surface area (Å²) >= 11 is 0. The summed E-state index contributed by atoms with van der Waals surface area (Å²) in [4.78, 5) is 29.3. The number of likely N-dealkylation sites (tertiary alicyclic amines) is 1. The van der Waals surface area contributed by atoms with Gasteiger partial charge in [0.2, 0.25) is 5.89 Å². The summed E-state index contributed by atoms with van der Waals surface area (Å²) < 4.78 is 9.80. The standard InChI is InChI=1S/C14H21N5O4/c1-22-14(21)19-6-2-3-10(8-19)16-13(20)15-7-11-17-12(18-23-11)9-4-5-9/h9-10H,2-8H2,1H3,(H2,15,16,20)/t10-/m1/s1. The van der Waals surface area contributed by atoms with Crippen LogP contribution in [0, 0.1) is 0 Å². The normalized spacial score (nSPS) is 20.9. The molecule has 0 unspecified atom stereocenters. The third kappa shape index (κ3) is 4.11. The van der Waals surface area contributed by atoms with Crippen molar-refractivity contribution in [2.24, 2.45) is 0 Å². The van der Waals surface area contributed by atoms with E-state index in [1.807, 2.05) is 0 Å². The van der Waals surface area contributed by atoms with Crippen molar-refractivity contribution in [1.29, 1.82) is 0 Å². The molecule has 2 aliphatic rings. The van der Waals surface area contributed by atoms with E-state index in [1.54, 1.807) is 4.90 Å². The lowest BCUT2D eigenvalue weighted by molar-refractivity contribution is 0.108. The van der Waals surface area contributed by atoms with Crippen LogP contribution in [-0.2, 0) is 11.3 Å². The molecule has 1 aliphatic carbocycles. The highest BCUT2D eigenvalue weighted by molar-refractivity contribution is 5.74. The molecule has 1 saturated carbocycles. The second kappa shape index (κ2) is 6.84. The first-order valence-corrected chi connectivity index (χ1v) is 7.85. The van der Waals surface area contributed by atoms with Crippen molar-refractivity contribution in [3.8, 4) is 0 Å². The highest BCUT2D eigenvalue weighted by atomic mass is 16.5. The number of methoxy groups -OCH3 is 1. The molecular weight excluding hydrogens is 302 g/mol. The maximum absolute atomic E-state index is 11.9. The van der Waals surface area contributed by atoms with E-state index in [1.165, 1.54) is 7.11 Å². The minimum absolute atomic E-state index is 0.0902. The van der Waals surface area contributed by atoms with E-state index in [0.717, 1.165) is 31.5 Å². The fourth-order valence-corrected chi connectivity index (χ4v) is 2.63. The Morgan fingerprint density at radius 1 is 1.39 bits per heavy atom. The predicted molar refractivity (Wildman–Crippen MR) is 78.6 cm³/mol. The Morgan fingerprint density at radius 3 is 2.96 bits per heavy atom. The molecule has 9 heteroatoms. The fraction of sp³-hybridized carbons (Fsp3) is 0.714. The van der Waals surface area contributed by atoms with Crippen molar-refractivity contribution >= 4 is 12.1 Å². The first-order chi connectivity index (χ1) is 11.2. The SMILES string of the molecule is COC(=O)N1CCC[C@@H](NC(=O)NCc2nc(C3CC3)no2)C1. The molecule has 0 bridgehead atoms. The van der Waals surface area contributed by atoms with Gasteiger partial charge in [-0.05, 0) is 25.7 Å². The van der Waals surface area contributed by atoms with Crippen molar-refractivity contribution in [2.75, 3.05) is 20.2 Å². The molecule has 3 amide bonds. The van der Waals surface area contributed by atoms with Crippen molar-refractivity contribution in [2.45, 2.75) is 44.2 Å². The number of carbonyl (C=O) groups excluding carboxylic acids is 2. The maximum atomic E-state index is 11.9. The van der Waals surface area contributed by atoms with Crippen molar-refractivity contribution in [3.05, 3.63) is 11.7 Å². The van der Waals surface area contributed by atoms with Gasteiger partial charge in [-0.3, -0.25) is 0 Å². The van der Waals surface area contributed by atoms with E-state index < -0.39 is 0 Å². The minimum Gasteiger partial charge on any atom is -0.453 e. The number of ether oxygens (including phenoxy) is 1. The minimum atomic E-state index is -0.365. The molecule has 2 N–H and O–H groups in total. The molecule has 2 fully saturated rings. The number of hydrogen-bond acceptors (Lipinski definition) is 6. The zero-order valence-electron chi connectivity index (χ0n) is 13.1. The van der Waals surface area contributed by atoms with E-state index in [9.17, 15) is 9.59 Å². The summed E-state index contributed by atoms with van der Waals surface area (Å²) in [5.41, 5.74) is 0. The van der Waals surface area contributed by atoms with Gasteiger partial charge in [0.15, 0.2) is 5.82 Å². The van der Waals surface area contributed by atoms with Gasteiger partial charge < -0.3 is 24.8 Å². The molecule has 23 heavy (non-hydrogen) atoms. The van der Waals surface area contributed by atoms with Crippen LogP contribution < -0.4 is 10.6 Å².